The molecule has 0 rings (SSSR count). The van der Waals surface area contributed by atoms with Crippen molar-refractivity contribution < 1.29 is 22.9 Å². The zero-order valence-corrected chi connectivity index (χ0v) is 13.9. The van der Waals surface area contributed by atoms with Gasteiger partial charge in [0.1, 0.15) is 0 Å². The van der Waals surface area contributed by atoms with Gasteiger partial charge in [0.15, 0.2) is 0 Å². The van der Waals surface area contributed by atoms with Crippen LogP contribution in [0.2, 0.25) is 0 Å². The first-order valence-electron chi connectivity index (χ1n) is 6.65. The van der Waals surface area contributed by atoms with Crippen molar-refractivity contribution in [3.63, 3.8) is 0 Å². The topological polar surface area (TPSA) is 48.0 Å². The summed E-state index contributed by atoms with van der Waals surface area (Å²) < 4.78 is 38.3. The molecule has 19 heavy (non-hydrogen) atoms. The number of nitrogens with zero attached hydrogens (tertiary/aromatic N) is 1. The molecule has 0 heterocycles. The monoisotopic (exact) mass is 299 g/mol. The van der Waals surface area contributed by atoms with Crippen LogP contribution in [0.1, 0.15) is 48.5 Å². The van der Waals surface area contributed by atoms with E-state index in [2.05, 4.69) is 9.63 Å². The fourth-order valence-electron chi connectivity index (χ4n) is 1.89. The van der Waals surface area contributed by atoms with Crippen LogP contribution in [0.3, 0.4) is 0 Å². The highest BCUT2D eigenvalue weighted by Gasteiger charge is 2.41. The van der Waals surface area contributed by atoms with E-state index in [1.807, 2.05) is 20.8 Å². The molecule has 0 N–H and O–H groups in total. The Bertz CT molecular complexity index is 308. The lowest BCUT2D eigenvalue weighted by atomic mass is 9.99. The van der Waals surface area contributed by atoms with Gasteiger partial charge in [-0.25, -0.2) is 4.57 Å². The second-order valence-electron chi connectivity index (χ2n) is 5.26. The van der Waals surface area contributed by atoms with Crippen LogP contribution < -0.4 is 0 Å². The van der Waals surface area contributed by atoms with Gasteiger partial charge in [-0.1, -0.05) is 18.6 Å². The van der Waals surface area contributed by atoms with Gasteiger partial charge in [-0.3, -0.25) is 13.9 Å². The molecule has 0 aromatic heterocycles. The number of likely N-dealkylation sites (N-methyl/N-ethyl adjacent to an activating group) is 1. The molecule has 0 aromatic carbocycles. The van der Waals surface area contributed by atoms with Gasteiger partial charge < -0.3 is 0 Å². The van der Waals surface area contributed by atoms with Gasteiger partial charge in [0, 0.05) is 6.04 Å². The molecule has 116 valence electrons. The van der Waals surface area contributed by atoms with Crippen LogP contribution in [-0.2, 0) is 18.3 Å². The van der Waals surface area contributed by atoms with Gasteiger partial charge >= 0.3 is 7.82 Å². The molecule has 0 bridgehead atoms. The lowest BCUT2D eigenvalue weighted by molar-refractivity contribution is -0.0958. The highest BCUT2D eigenvalue weighted by molar-refractivity contribution is 7.48. The maximum atomic E-state index is 12.5. The zero-order valence-electron chi connectivity index (χ0n) is 13.0. The first-order valence-corrected chi connectivity index (χ1v) is 8.11. The average molecular weight is 299 g/mol. The third-order valence-corrected chi connectivity index (χ3v) is 4.68. The van der Waals surface area contributed by atoms with E-state index < -0.39 is 19.5 Å². The molecular weight excluding hydrogens is 272 g/mol. The Labute approximate surface area is 115 Å². The van der Waals surface area contributed by atoms with E-state index in [1.54, 1.807) is 27.7 Å². The summed E-state index contributed by atoms with van der Waals surface area (Å²) in [5, 5.41) is 0. The maximum absolute atomic E-state index is 12.5. The van der Waals surface area contributed by atoms with E-state index in [9.17, 15) is 9.09 Å². The molecule has 0 radical (unpaired) electrons. The Morgan fingerprint density at radius 3 is 2.00 bits per heavy atom. The van der Waals surface area contributed by atoms with Crippen molar-refractivity contribution in [2.45, 2.75) is 66.2 Å². The highest BCUT2D eigenvalue weighted by atomic mass is 31.2. The van der Waals surface area contributed by atoms with E-state index in [4.69, 9.17) is 9.05 Å². The van der Waals surface area contributed by atoms with Crippen LogP contribution in [0.15, 0.2) is 0 Å². The van der Waals surface area contributed by atoms with Crippen LogP contribution >= 0.6 is 7.82 Å². The molecule has 0 aliphatic heterocycles. The van der Waals surface area contributed by atoms with Crippen LogP contribution in [0.5, 0.6) is 0 Å². The minimum absolute atomic E-state index is 0.0678. The number of halogens is 1. The Morgan fingerprint density at radius 1 is 1.21 bits per heavy atom. The van der Waals surface area contributed by atoms with Gasteiger partial charge in [-0.15, -0.1) is 0 Å². The molecular formula is C12H27FNO4P. The second kappa shape index (κ2) is 7.70. The normalized spacial score (nSPS) is 17.8. The number of hydrogen-bond donors (Lipinski definition) is 0. The number of phosphoric ester groups is 1. The highest BCUT2D eigenvalue weighted by Crippen LogP contribution is 2.54. The predicted molar refractivity (Wildman–Crippen MR) is 73.6 cm³/mol. The first kappa shape index (κ1) is 19.0. The van der Waals surface area contributed by atoms with E-state index in [0.29, 0.717) is 0 Å². The fourth-order valence-corrected chi connectivity index (χ4v) is 3.23. The van der Waals surface area contributed by atoms with Gasteiger partial charge in [-0.05, 0) is 52.2 Å². The van der Waals surface area contributed by atoms with Crippen molar-refractivity contribution in [3.05, 3.63) is 0 Å². The molecule has 0 amide bonds. The molecule has 7 heteroatoms. The molecule has 0 saturated heterocycles. The van der Waals surface area contributed by atoms with Crippen molar-refractivity contribution >= 4 is 7.82 Å². The predicted octanol–water partition coefficient (Wildman–Crippen LogP) is 3.95. The van der Waals surface area contributed by atoms with Crippen LogP contribution in [0.4, 0.5) is 4.53 Å². The van der Waals surface area contributed by atoms with Crippen molar-refractivity contribution in [3.8, 4) is 0 Å². The molecule has 0 fully saturated rings. The lowest BCUT2D eigenvalue weighted by Gasteiger charge is -2.39. The maximum Gasteiger partial charge on any atom is 0.506 e. The summed E-state index contributed by atoms with van der Waals surface area (Å²) in [6, 6.07) is -0.0678. The summed E-state index contributed by atoms with van der Waals surface area (Å²) in [7, 11) is -4.19. The summed E-state index contributed by atoms with van der Waals surface area (Å²) in [6.07, 6.45) is -0.457. The standard InChI is InChI=1S/C12H27FNO4P/c1-8-14(9-2)11(5)12(6,7)17-19(15,18-13)16-10(3)4/h10-11H,8-9H2,1-7H3. The van der Waals surface area contributed by atoms with Gasteiger partial charge in [0.2, 0.25) is 0 Å². The SMILES string of the molecule is CCN(CC)C(C)C(C)(C)OP(=O)(OF)OC(C)C. The number of phosphoric acid groups is 1. The smallest absolute Gasteiger partial charge is 0.298 e. The molecule has 5 nitrogen and oxygen atoms in total. The lowest BCUT2D eigenvalue weighted by Crippen LogP contribution is -2.48. The van der Waals surface area contributed by atoms with Crippen molar-refractivity contribution in [1.82, 2.24) is 4.90 Å². The molecule has 0 aromatic rings. The van der Waals surface area contributed by atoms with E-state index >= 15 is 0 Å². The second-order valence-corrected chi connectivity index (χ2v) is 6.69. The van der Waals surface area contributed by atoms with E-state index in [1.165, 1.54) is 0 Å². The molecule has 0 aliphatic carbocycles. The van der Waals surface area contributed by atoms with Crippen LogP contribution in [0.25, 0.3) is 0 Å². The first-order chi connectivity index (χ1) is 8.61. The summed E-state index contributed by atoms with van der Waals surface area (Å²) in [4.78, 5) is 2.12. The third-order valence-electron chi connectivity index (χ3n) is 3.14. The summed E-state index contributed by atoms with van der Waals surface area (Å²) in [5.41, 5.74) is -0.872. The minimum atomic E-state index is -4.19. The number of hydrogen-bond acceptors (Lipinski definition) is 5. The van der Waals surface area contributed by atoms with Crippen molar-refractivity contribution in [2.75, 3.05) is 13.1 Å². The molecule has 2 unspecified atom stereocenters. The van der Waals surface area contributed by atoms with E-state index in [-0.39, 0.29) is 6.04 Å². The van der Waals surface area contributed by atoms with Gasteiger partial charge in [-0.2, -0.15) is 0 Å². The summed E-state index contributed by atoms with van der Waals surface area (Å²) >= 11 is 0. The summed E-state index contributed by atoms with van der Waals surface area (Å²) in [5.74, 6) is 0. The quantitative estimate of drug-likeness (QED) is 0.603. The largest absolute Gasteiger partial charge is 0.506 e. The minimum Gasteiger partial charge on any atom is -0.298 e. The molecule has 0 saturated carbocycles. The molecule has 0 aliphatic rings. The summed E-state index contributed by atoms with van der Waals surface area (Å²) in [6.45, 7) is 14.4. The Morgan fingerprint density at radius 2 is 1.68 bits per heavy atom. The van der Waals surface area contributed by atoms with E-state index in [0.717, 1.165) is 13.1 Å². The molecule has 2 atom stereocenters. The average Bonchev–Trinajstić information content (AvgIpc) is 2.28. The van der Waals surface area contributed by atoms with Crippen molar-refractivity contribution in [1.29, 1.82) is 0 Å². The Hall–Kier alpha value is -0.0000000000000000486. The number of rotatable bonds is 9. The van der Waals surface area contributed by atoms with Crippen LogP contribution in [0, 0.1) is 0 Å². The van der Waals surface area contributed by atoms with Gasteiger partial charge in [0.05, 0.1) is 11.7 Å². The zero-order chi connectivity index (χ0) is 15.3. The van der Waals surface area contributed by atoms with Crippen LogP contribution in [-0.4, -0.2) is 35.7 Å². The van der Waals surface area contributed by atoms with Crippen molar-refractivity contribution in [2.24, 2.45) is 0 Å². The Kier molecular flexibility index (Phi) is 7.70. The Balaban J connectivity index is 4.95. The fraction of sp³-hybridized carbons (Fsp3) is 1.00. The van der Waals surface area contributed by atoms with Gasteiger partial charge in [0.25, 0.3) is 0 Å². The third kappa shape index (κ3) is 5.88. The molecule has 0 spiro atoms.